The maximum absolute atomic E-state index is 13.6. The van der Waals surface area contributed by atoms with Crippen molar-refractivity contribution >= 4 is 58.6 Å². The van der Waals surface area contributed by atoms with Crippen LogP contribution in [0.5, 0.6) is 0 Å². The van der Waals surface area contributed by atoms with Crippen molar-refractivity contribution in [1.29, 1.82) is 0 Å². The Kier molecular flexibility index (Phi) is 9.27. The highest BCUT2D eigenvalue weighted by Crippen LogP contribution is 2.42. The average Bonchev–Trinajstić information content (AvgIpc) is 3.64. The molecule has 2 aromatic rings. The summed E-state index contributed by atoms with van der Waals surface area (Å²) in [6.07, 6.45) is 2.88. The minimum atomic E-state index is -0.597. The van der Waals surface area contributed by atoms with Crippen LogP contribution in [0, 0.1) is 18.8 Å². The van der Waals surface area contributed by atoms with Crippen LogP contribution in [0.15, 0.2) is 18.2 Å². The molecule has 3 fully saturated rings. The molecular formula is C31H41Cl3N6O3. The first-order valence-corrected chi connectivity index (χ1v) is 16.1. The van der Waals surface area contributed by atoms with Crippen molar-refractivity contribution in [2.75, 3.05) is 36.9 Å². The van der Waals surface area contributed by atoms with E-state index in [0.717, 1.165) is 37.9 Å². The molecule has 2 amide bonds. The van der Waals surface area contributed by atoms with Gasteiger partial charge in [-0.2, -0.15) is 4.98 Å². The van der Waals surface area contributed by atoms with Gasteiger partial charge in [0.1, 0.15) is 16.7 Å². The molecular weight excluding hydrogens is 611 g/mol. The Hall–Kier alpha value is -2.49. The molecule has 5 rings (SSSR count). The fourth-order valence-corrected chi connectivity index (χ4v) is 7.35. The number of hydrogen-bond acceptors (Lipinski definition) is 7. The number of fused-ring (bicyclic) bond motifs is 1. The summed E-state index contributed by atoms with van der Waals surface area (Å²) in [5.74, 6) is 2.07. The van der Waals surface area contributed by atoms with Gasteiger partial charge in [0.25, 0.3) is 0 Å². The van der Waals surface area contributed by atoms with Crippen molar-refractivity contribution in [3.63, 3.8) is 0 Å². The fraction of sp³-hybridized carbons (Fsp3) is 0.613. The standard InChI is InChI=1S/C31H41Cl3N6O3/c1-17(23-10-9-21(32)14-24(23)33)35-27-26(34)18(2)36-29(37-27)39-15-19-12-22(13-20(19)16-39)38(6)28(41)25-8-7-11-40(25)30(42)43-31(3,4)5/h9-10,14,17,19-20,22,25H,7-8,11-13,15-16H2,1-6H3,(H,35,36,37)/t17-,19-,20+,22?,25-/m1/s1. The number of hydrogen-bond donors (Lipinski definition) is 1. The highest BCUT2D eigenvalue weighted by atomic mass is 35.5. The van der Waals surface area contributed by atoms with Gasteiger partial charge in [0.2, 0.25) is 11.9 Å². The number of nitrogens with one attached hydrogen (secondary N) is 1. The summed E-state index contributed by atoms with van der Waals surface area (Å²) in [5, 5.41) is 5.04. The van der Waals surface area contributed by atoms with Gasteiger partial charge in [-0.25, -0.2) is 9.78 Å². The summed E-state index contributed by atoms with van der Waals surface area (Å²) in [4.78, 5) is 41.6. The number of rotatable bonds is 6. The Morgan fingerprint density at radius 1 is 1.12 bits per heavy atom. The first-order valence-electron chi connectivity index (χ1n) is 15.0. The van der Waals surface area contributed by atoms with Crippen LogP contribution in [0.1, 0.15) is 70.7 Å². The van der Waals surface area contributed by atoms with Crippen molar-refractivity contribution in [2.45, 2.75) is 84.0 Å². The molecule has 2 aliphatic heterocycles. The molecule has 43 heavy (non-hydrogen) atoms. The Balaban J connectivity index is 1.22. The summed E-state index contributed by atoms with van der Waals surface area (Å²) in [5.41, 5.74) is 1.00. The molecule has 2 saturated heterocycles. The van der Waals surface area contributed by atoms with Gasteiger partial charge < -0.3 is 19.9 Å². The van der Waals surface area contributed by atoms with Crippen LogP contribution in [0.3, 0.4) is 0 Å². The number of ether oxygens (including phenoxy) is 1. The smallest absolute Gasteiger partial charge is 0.410 e. The maximum atomic E-state index is 13.6. The molecule has 1 aromatic heterocycles. The minimum Gasteiger partial charge on any atom is -0.444 e. The molecule has 0 spiro atoms. The van der Waals surface area contributed by atoms with E-state index in [2.05, 4.69) is 10.2 Å². The van der Waals surface area contributed by atoms with Crippen LogP contribution in [-0.4, -0.2) is 76.1 Å². The molecule has 5 atom stereocenters. The third-order valence-electron chi connectivity index (χ3n) is 8.86. The molecule has 0 radical (unpaired) electrons. The van der Waals surface area contributed by atoms with Gasteiger partial charge in [0.15, 0.2) is 5.82 Å². The summed E-state index contributed by atoms with van der Waals surface area (Å²) < 4.78 is 5.57. The van der Waals surface area contributed by atoms with Crippen molar-refractivity contribution in [3.05, 3.63) is 44.5 Å². The predicted octanol–water partition coefficient (Wildman–Crippen LogP) is 6.99. The molecule has 1 N–H and O–H groups in total. The fourth-order valence-electron chi connectivity index (χ4n) is 6.64. The second-order valence-corrected chi connectivity index (χ2v) is 14.4. The SMILES string of the molecule is Cc1nc(N2C[C@H]3CC(N(C)C(=O)[C@H]4CCCN4C(=O)OC(C)(C)C)C[C@H]3C2)nc(N[C@H](C)c2ccc(Cl)cc2Cl)c1Cl. The highest BCUT2D eigenvalue weighted by Gasteiger charge is 2.46. The van der Waals surface area contributed by atoms with Gasteiger partial charge in [-0.3, -0.25) is 9.69 Å². The van der Waals surface area contributed by atoms with Crippen LogP contribution in [0.4, 0.5) is 16.6 Å². The van der Waals surface area contributed by atoms with E-state index < -0.39 is 17.7 Å². The molecule has 1 aliphatic carbocycles. The van der Waals surface area contributed by atoms with Crippen molar-refractivity contribution < 1.29 is 14.3 Å². The number of carbonyl (C=O) groups excluding carboxylic acids is 2. The monoisotopic (exact) mass is 650 g/mol. The van der Waals surface area contributed by atoms with Gasteiger partial charge in [-0.15, -0.1) is 0 Å². The van der Waals surface area contributed by atoms with E-state index >= 15 is 0 Å². The molecule has 3 aliphatic rings. The number of aromatic nitrogens is 2. The van der Waals surface area contributed by atoms with Crippen molar-refractivity contribution in [3.8, 4) is 0 Å². The zero-order valence-electron chi connectivity index (χ0n) is 25.7. The number of benzene rings is 1. The molecule has 9 nitrogen and oxygen atoms in total. The number of halogens is 3. The number of carbonyl (C=O) groups is 2. The Labute approximate surface area is 269 Å². The summed E-state index contributed by atoms with van der Waals surface area (Å²) >= 11 is 19.2. The lowest BCUT2D eigenvalue weighted by atomic mass is 10.0. The number of nitrogens with zero attached hydrogens (tertiary/aromatic N) is 5. The first-order chi connectivity index (χ1) is 20.2. The van der Waals surface area contributed by atoms with Crippen LogP contribution in [-0.2, 0) is 9.53 Å². The molecule has 12 heteroatoms. The number of anilines is 2. The second-order valence-electron chi connectivity index (χ2n) is 13.1. The first kappa shape index (κ1) is 31.9. The van der Waals surface area contributed by atoms with E-state index in [1.54, 1.807) is 11.0 Å². The maximum Gasteiger partial charge on any atom is 0.410 e. The molecule has 234 valence electrons. The topological polar surface area (TPSA) is 90.9 Å². The third-order valence-corrected chi connectivity index (χ3v) is 9.87. The van der Waals surface area contributed by atoms with Crippen LogP contribution in [0.25, 0.3) is 0 Å². The Bertz CT molecular complexity index is 1370. The van der Waals surface area contributed by atoms with E-state index in [1.165, 1.54) is 0 Å². The Morgan fingerprint density at radius 3 is 2.42 bits per heavy atom. The summed E-state index contributed by atoms with van der Waals surface area (Å²) in [6.45, 7) is 11.6. The van der Waals surface area contributed by atoms with E-state index in [4.69, 9.17) is 49.5 Å². The van der Waals surface area contributed by atoms with E-state index in [-0.39, 0.29) is 18.0 Å². The van der Waals surface area contributed by atoms with Crippen LogP contribution >= 0.6 is 34.8 Å². The third kappa shape index (κ3) is 6.94. The van der Waals surface area contributed by atoms with Crippen molar-refractivity contribution in [2.24, 2.45) is 11.8 Å². The number of likely N-dealkylation sites (tertiary alicyclic amines) is 1. The summed E-state index contributed by atoms with van der Waals surface area (Å²) in [7, 11) is 1.88. The molecule has 0 bridgehead atoms. The van der Waals surface area contributed by atoms with E-state index in [1.807, 2.05) is 58.7 Å². The minimum absolute atomic E-state index is 0.00692. The van der Waals surface area contributed by atoms with Crippen molar-refractivity contribution in [1.82, 2.24) is 19.8 Å². The highest BCUT2D eigenvalue weighted by molar-refractivity contribution is 6.35. The Morgan fingerprint density at radius 2 is 1.79 bits per heavy atom. The van der Waals surface area contributed by atoms with Crippen LogP contribution < -0.4 is 10.2 Å². The quantitative estimate of drug-likeness (QED) is 0.360. The average molecular weight is 652 g/mol. The molecule has 1 aromatic carbocycles. The number of likely N-dealkylation sites (N-methyl/N-ethyl adjacent to an activating group) is 1. The lowest BCUT2D eigenvalue weighted by molar-refractivity contribution is -0.136. The summed E-state index contributed by atoms with van der Waals surface area (Å²) in [6, 6.07) is 4.96. The number of amides is 2. The van der Waals surface area contributed by atoms with Gasteiger partial charge in [-0.1, -0.05) is 40.9 Å². The van der Waals surface area contributed by atoms with Gasteiger partial charge in [-0.05, 0) is 89.8 Å². The normalized spacial score (nSPS) is 24.2. The largest absolute Gasteiger partial charge is 0.444 e. The molecule has 1 saturated carbocycles. The van der Waals surface area contributed by atoms with Gasteiger partial charge in [0, 0.05) is 42.8 Å². The van der Waals surface area contributed by atoms with Gasteiger partial charge in [0.05, 0.1) is 11.7 Å². The van der Waals surface area contributed by atoms with E-state index in [0.29, 0.717) is 57.3 Å². The predicted molar refractivity (Wildman–Crippen MR) is 171 cm³/mol. The molecule has 1 unspecified atom stereocenters. The van der Waals surface area contributed by atoms with E-state index in [9.17, 15) is 9.59 Å². The lowest BCUT2D eigenvalue weighted by Gasteiger charge is -2.33. The van der Waals surface area contributed by atoms with Gasteiger partial charge >= 0.3 is 6.09 Å². The second kappa shape index (κ2) is 12.5. The number of aryl methyl sites for hydroxylation is 1. The van der Waals surface area contributed by atoms with Crippen LogP contribution in [0.2, 0.25) is 15.1 Å². The zero-order valence-corrected chi connectivity index (χ0v) is 27.9. The molecule has 3 heterocycles. The lowest BCUT2D eigenvalue weighted by Crippen LogP contribution is -2.50. The zero-order chi connectivity index (χ0) is 31.2.